The first kappa shape index (κ1) is 20.2. The fraction of sp³-hybridized carbons (Fsp3) is 0.423. The van der Waals surface area contributed by atoms with Crippen molar-refractivity contribution >= 4 is 39.4 Å². The van der Waals surface area contributed by atoms with Crippen LogP contribution >= 0.6 is 11.3 Å². The number of fused-ring (bicyclic) bond motifs is 1. The van der Waals surface area contributed by atoms with Crippen LogP contribution < -0.4 is 9.47 Å². The number of rotatable bonds is 9. The molecule has 29 heavy (non-hydrogen) atoms. The maximum Gasteiger partial charge on any atom is 0.262 e. The second-order valence-corrected chi connectivity index (χ2v) is 9.16. The van der Waals surface area contributed by atoms with Gasteiger partial charge in [-0.1, -0.05) is 61.8 Å². The number of para-hydroxylation sites is 1. The summed E-state index contributed by atoms with van der Waals surface area (Å²) in [5.74, 6) is 0. The van der Waals surface area contributed by atoms with Crippen LogP contribution in [0.25, 0.3) is 22.4 Å². The van der Waals surface area contributed by atoms with Gasteiger partial charge in [-0.3, -0.25) is 0 Å². The van der Waals surface area contributed by atoms with E-state index >= 15 is 0 Å². The van der Waals surface area contributed by atoms with Crippen molar-refractivity contribution in [1.82, 2.24) is 0 Å². The van der Waals surface area contributed by atoms with Crippen LogP contribution in [-0.4, -0.2) is 13.1 Å². The molecule has 1 fully saturated rings. The Morgan fingerprint density at radius 3 is 2.45 bits per heavy atom. The zero-order valence-electron chi connectivity index (χ0n) is 17.6. The summed E-state index contributed by atoms with van der Waals surface area (Å²) < 4.78 is 3.89. The smallest absolute Gasteiger partial charge is 0.262 e. The lowest BCUT2D eigenvalue weighted by Gasteiger charge is -2.17. The van der Waals surface area contributed by atoms with Gasteiger partial charge in [-0.2, -0.15) is 4.57 Å². The molecule has 1 aliphatic rings. The molecule has 0 saturated carbocycles. The van der Waals surface area contributed by atoms with Crippen molar-refractivity contribution in [2.24, 2.45) is 0 Å². The molecule has 0 amide bonds. The number of hydrogen-bond donors (Lipinski definition) is 0. The van der Waals surface area contributed by atoms with Crippen molar-refractivity contribution in [3.8, 4) is 0 Å². The first-order valence-corrected chi connectivity index (χ1v) is 12.1. The molecule has 0 radical (unpaired) electrons. The van der Waals surface area contributed by atoms with Crippen LogP contribution in [0.3, 0.4) is 0 Å². The van der Waals surface area contributed by atoms with E-state index in [0.29, 0.717) is 0 Å². The number of benzene rings is 2. The molecular weight excluding hydrogens is 372 g/mol. The van der Waals surface area contributed by atoms with E-state index in [9.17, 15) is 0 Å². The molecule has 2 heterocycles. The van der Waals surface area contributed by atoms with Gasteiger partial charge < -0.3 is 4.90 Å². The Kier molecular flexibility index (Phi) is 7.00. The Labute approximate surface area is 179 Å². The molecule has 2 nitrogen and oxygen atoms in total. The lowest BCUT2D eigenvalue weighted by atomic mass is 10.1. The van der Waals surface area contributed by atoms with Gasteiger partial charge in [0.2, 0.25) is 5.52 Å². The Balaban J connectivity index is 1.49. The number of nitrogens with zero attached hydrogens (tertiary/aromatic N) is 2. The second kappa shape index (κ2) is 10.1. The molecule has 0 aliphatic carbocycles. The third kappa shape index (κ3) is 5.08. The van der Waals surface area contributed by atoms with Gasteiger partial charge >= 0.3 is 0 Å². The molecule has 0 N–H and O–H groups in total. The Morgan fingerprint density at radius 1 is 0.897 bits per heavy atom. The quantitative estimate of drug-likeness (QED) is 0.276. The topological polar surface area (TPSA) is 7.12 Å². The normalized spacial score (nSPS) is 14.4. The Morgan fingerprint density at radius 2 is 1.66 bits per heavy atom. The first-order valence-electron chi connectivity index (χ1n) is 11.3. The molecule has 0 atom stereocenters. The zero-order valence-corrected chi connectivity index (χ0v) is 18.5. The molecule has 0 unspecified atom stereocenters. The monoisotopic (exact) mass is 405 g/mol. The maximum atomic E-state index is 2.51. The molecular formula is C26H33N2S+. The molecule has 0 spiro atoms. The van der Waals surface area contributed by atoms with E-state index in [1.54, 1.807) is 0 Å². The summed E-state index contributed by atoms with van der Waals surface area (Å²) in [4.78, 5) is 2.49. The van der Waals surface area contributed by atoms with Crippen molar-refractivity contribution in [3.05, 3.63) is 59.1 Å². The number of aromatic nitrogens is 1. The summed E-state index contributed by atoms with van der Waals surface area (Å²) in [5, 5.41) is 1.35. The SMILES string of the molecule is CCCCCCC[n+]1c(/C=C/c2ccc(N3CCCC3)cc2)sc2ccccc21. The number of aryl methyl sites for hydroxylation is 1. The van der Waals surface area contributed by atoms with Gasteiger partial charge in [0.1, 0.15) is 4.70 Å². The lowest BCUT2D eigenvalue weighted by molar-refractivity contribution is -0.669. The maximum absolute atomic E-state index is 2.51. The summed E-state index contributed by atoms with van der Waals surface area (Å²) in [7, 11) is 0. The van der Waals surface area contributed by atoms with Crippen molar-refractivity contribution < 1.29 is 4.57 Å². The van der Waals surface area contributed by atoms with Crippen LogP contribution in [0.4, 0.5) is 5.69 Å². The molecule has 3 heteroatoms. The second-order valence-electron chi connectivity index (χ2n) is 8.09. The first-order chi connectivity index (χ1) is 14.3. The highest BCUT2D eigenvalue weighted by Gasteiger charge is 2.17. The number of thiazole rings is 1. The third-order valence-electron chi connectivity index (χ3n) is 5.90. The minimum Gasteiger partial charge on any atom is -0.372 e. The van der Waals surface area contributed by atoms with Crippen LogP contribution in [0.2, 0.25) is 0 Å². The van der Waals surface area contributed by atoms with Gasteiger partial charge in [0.15, 0.2) is 6.54 Å². The summed E-state index contributed by atoms with van der Waals surface area (Å²) in [6, 6.07) is 17.9. The predicted octanol–water partition coefficient (Wildman–Crippen LogP) is 6.93. The molecule has 152 valence electrons. The van der Waals surface area contributed by atoms with Gasteiger partial charge in [-0.15, -0.1) is 0 Å². The summed E-state index contributed by atoms with van der Waals surface area (Å²) >= 11 is 1.90. The summed E-state index contributed by atoms with van der Waals surface area (Å²) in [5.41, 5.74) is 4.01. The highest BCUT2D eigenvalue weighted by Crippen LogP contribution is 2.24. The Hall–Kier alpha value is -2.13. The minimum atomic E-state index is 1.11. The largest absolute Gasteiger partial charge is 0.372 e. The Bertz CT molecular complexity index is 933. The molecule has 0 bridgehead atoms. The molecule has 1 saturated heterocycles. The van der Waals surface area contributed by atoms with E-state index in [4.69, 9.17) is 0 Å². The molecule has 3 aromatic rings. The highest BCUT2D eigenvalue weighted by molar-refractivity contribution is 7.18. The summed E-state index contributed by atoms with van der Waals surface area (Å²) in [6.07, 6.45) is 13.8. The fourth-order valence-electron chi connectivity index (χ4n) is 4.22. The van der Waals surface area contributed by atoms with Gasteiger partial charge in [-0.05, 0) is 49.1 Å². The van der Waals surface area contributed by atoms with E-state index in [1.165, 1.54) is 84.5 Å². The molecule has 1 aliphatic heterocycles. The highest BCUT2D eigenvalue weighted by atomic mass is 32.1. The summed E-state index contributed by atoms with van der Waals surface area (Å²) in [6.45, 7) is 5.80. The van der Waals surface area contributed by atoms with Crippen LogP contribution in [0.1, 0.15) is 62.4 Å². The van der Waals surface area contributed by atoms with Crippen LogP contribution in [0.15, 0.2) is 48.5 Å². The zero-order chi connectivity index (χ0) is 19.9. The molecule has 2 aromatic carbocycles. The fourth-order valence-corrected chi connectivity index (χ4v) is 5.31. The van der Waals surface area contributed by atoms with Crippen molar-refractivity contribution in [1.29, 1.82) is 0 Å². The van der Waals surface area contributed by atoms with Crippen LogP contribution in [-0.2, 0) is 6.54 Å². The third-order valence-corrected chi connectivity index (χ3v) is 7.04. The average molecular weight is 406 g/mol. The van der Waals surface area contributed by atoms with E-state index < -0.39 is 0 Å². The molecule has 4 rings (SSSR count). The van der Waals surface area contributed by atoms with Gasteiger partial charge in [0, 0.05) is 37.3 Å². The van der Waals surface area contributed by atoms with E-state index in [0.717, 1.165) is 6.54 Å². The number of anilines is 1. The van der Waals surface area contributed by atoms with E-state index in [2.05, 4.69) is 77.1 Å². The van der Waals surface area contributed by atoms with Crippen molar-refractivity contribution in [2.45, 2.75) is 58.4 Å². The van der Waals surface area contributed by atoms with Gasteiger partial charge in [0.25, 0.3) is 5.01 Å². The predicted molar refractivity (Wildman–Crippen MR) is 128 cm³/mol. The van der Waals surface area contributed by atoms with Crippen molar-refractivity contribution in [2.75, 3.05) is 18.0 Å². The van der Waals surface area contributed by atoms with Gasteiger partial charge in [-0.25, -0.2) is 0 Å². The lowest BCUT2D eigenvalue weighted by Crippen LogP contribution is -2.34. The average Bonchev–Trinajstić information content (AvgIpc) is 3.41. The van der Waals surface area contributed by atoms with Gasteiger partial charge in [0.05, 0.1) is 0 Å². The standard InChI is InChI=1S/C26H33N2S/c1-2-3-4-5-8-21-28-24-11-6-7-12-25(24)29-26(28)18-15-22-13-16-23(17-14-22)27-19-9-10-20-27/h6-7,11-18H,2-5,8-10,19-21H2,1H3/q+1. The van der Waals surface area contributed by atoms with Crippen molar-refractivity contribution in [3.63, 3.8) is 0 Å². The number of hydrogen-bond acceptors (Lipinski definition) is 2. The van der Waals surface area contributed by atoms with Crippen LogP contribution in [0, 0.1) is 0 Å². The van der Waals surface area contributed by atoms with E-state index in [1.807, 2.05) is 11.3 Å². The molecule has 1 aromatic heterocycles. The van der Waals surface area contributed by atoms with E-state index in [-0.39, 0.29) is 0 Å². The minimum absolute atomic E-state index is 1.11. The number of unbranched alkanes of at least 4 members (excludes halogenated alkanes) is 4. The van der Waals surface area contributed by atoms with Crippen LogP contribution in [0.5, 0.6) is 0 Å².